The SMILES string of the molecule is NC(=S)N/N=C1\CCN2CCCC12. The second-order valence-corrected chi connectivity index (χ2v) is 3.96. The van der Waals surface area contributed by atoms with Crippen molar-refractivity contribution in [3.8, 4) is 0 Å². The molecule has 3 N–H and O–H groups in total. The summed E-state index contributed by atoms with van der Waals surface area (Å²) < 4.78 is 0. The van der Waals surface area contributed by atoms with Crippen LogP contribution in [-0.2, 0) is 0 Å². The highest BCUT2D eigenvalue weighted by atomic mass is 32.1. The molecule has 0 aromatic carbocycles. The van der Waals surface area contributed by atoms with E-state index < -0.39 is 0 Å². The molecule has 72 valence electrons. The minimum atomic E-state index is 0.254. The van der Waals surface area contributed by atoms with E-state index in [1.54, 1.807) is 0 Å². The van der Waals surface area contributed by atoms with Crippen LogP contribution in [-0.4, -0.2) is 34.9 Å². The minimum absolute atomic E-state index is 0.254. The predicted octanol–water partition coefficient (Wildman–Crippen LogP) is 0.0437. The summed E-state index contributed by atoms with van der Waals surface area (Å²) in [6.45, 7) is 2.36. The van der Waals surface area contributed by atoms with Crippen LogP contribution < -0.4 is 11.2 Å². The summed E-state index contributed by atoms with van der Waals surface area (Å²) in [6, 6.07) is 0.557. The number of nitrogens with one attached hydrogen (secondary N) is 1. The number of thiocarbonyl (C=S) groups is 1. The molecule has 5 heteroatoms. The van der Waals surface area contributed by atoms with Gasteiger partial charge < -0.3 is 5.73 Å². The van der Waals surface area contributed by atoms with Gasteiger partial charge in [0.1, 0.15) is 0 Å². The molecule has 13 heavy (non-hydrogen) atoms. The van der Waals surface area contributed by atoms with E-state index >= 15 is 0 Å². The third-order valence-electron chi connectivity index (χ3n) is 2.71. The standard InChI is InChI=1S/C8H14N4S/c9-8(13)11-10-6-3-5-12-4-1-2-7(6)12/h7H,1-5H2,(H3,9,11,13)/b10-6+. The van der Waals surface area contributed by atoms with Gasteiger partial charge in [0.15, 0.2) is 5.11 Å². The molecule has 1 unspecified atom stereocenters. The second kappa shape index (κ2) is 3.59. The highest BCUT2D eigenvalue weighted by Crippen LogP contribution is 2.25. The zero-order valence-corrected chi connectivity index (χ0v) is 8.31. The Balaban J connectivity index is 2.00. The van der Waals surface area contributed by atoms with Crippen LogP contribution in [0.25, 0.3) is 0 Å². The molecule has 1 atom stereocenters. The summed E-state index contributed by atoms with van der Waals surface area (Å²) >= 11 is 4.70. The fourth-order valence-corrected chi connectivity index (χ4v) is 2.20. The van der Waals surface area contributed by atoms with Crippen LogP contribution >= 0.6 is 12.2 Å². The van der Waals surface area contributed by atoms with Crippen LogP contribution in [0.5, 0.6) is 0 Å². The number of nitrogens with two attached hydrogens (primary N) is 1. The molecule has 2 saturated heterocycles. The van der Waals surface area contributed by atoms with Gasteiger partial charge in [0.05, 0.1) is 5.71 Å². The van der Waals surface area contributed by atoms with Crippen molar-refractivity contribution in [2.24, 2.45) is 10.8 Å². The maximum absolute atomic E-state index is 5.31. The predicted molar refractivity (Wildman–Crippen MR) is 56.6 cm³/mol. The molecule has 2 heterocycles. The molecule has 0 aliphatic carbocycles. The van der Waals surface area contributed by atoms with Gasteiger partial charge in [-0.2, -0.15) is 5.10 Å². The third kappa shape index (κ3) is 1.81. The van der Waals surface area contributed by atoms with Crippen molar-refractivity contribution in [3.63, 3.8) is 0 Å². The maximum atomic E-state index is 5.31. The van der Waals surface area contributed by atoms with Crippen LogP contribution in [0.3, 0.4) is 0 Å². The van der Waals surface area contributed by atoms with Crippen molar-refractivity contribution < 1.29 is 0 Å². The Morgan fingerprint density at radius 2 is 2.46 bits per heavy atom. The quantitative estimate of drug-likeness (QED) is 0.461. The van der Waals surface area contributed by atoms with Crippen LogP contribution in [0, 0.1) is 0 Å². The number of nitrogens with zero attached hydrogens (tertiary/aromatic N) is 2. The molecular formula is C8H14N4S. The molecule has 2 aliphatic heterocycles. The van der Waals surface area contributed by atoms with Gasteiger partial charge in [0, 0.05) is 19.0 Å². The van der Waals surface area contributed by atoms with Crippen LogP contribution in [0.4, 0.5) is 0 Å². The van der Waals surface area contributed by atoms with Crippen molar-refractivity contribution >= 4 is 23.0 Å². The molecule has 0 radical (unpaired) electrons. The average Bonchev–Trinajstić information content (AvgIpc) is 2.60. The van der Waals surface area contributed by atoms with Crippen molar-refractivity contribution in [2.45, 2.75) is 25.3 Å². The first kappa shape index (κ1) is 8.90. The van der Waals surface area contributed by atoms with E-state index in [4.69, 9.17) is 18.0 Å². The molecule has 4 nitrogen and oxygen atoms in total. The van der Waals surface area contributed by atoms with Gasteiger partial charge in [-0.1, -0.05) is 0 Å². The number of fused-ring (bicyclic) bond motifs is 1. The molecule has 0 amide bonds. The van der Waals surface area contributed by atoms with E-state index in [1.165, 1.54) is 25.1 Å². The molecule has 2 rings (SSSR count). The molecule has 0 bridgehead atoms. The first-order valence-electron chi connectivity index (χ1n) is 4.63. The Bertz CT molecular complexity index is 251. The Morgan fingerprint density at radius 1 is 1.62 bits per heavy atom. The lowest BCUT2D eigenvalue weighted by Crippen LogP contribution is -2.30. The molecule has 2 aliphatic rings. The summed E-state index contributed by atoms with van der Waals surface area (Å²) in [4.78, 5) is 2.47. The summed E-state index contributed by atoms with van der Waals surface area (Å²) in [7, 11) is 0. The number of hydrogen-bond acceptors (Lipinski definition) is 3. The average molecular weight is 198 g/mol. The molecule has 0 saturated carbocycles. The largest absolute Gasteiger partial charge is 0.375 e. The third-order valence-corrected chi connectivity index (χ3v) is 2.80. The van der Waals surface area contributed by atoms with Crippen molar-refractivity contribution in [1.82, 2.24) is 10.3 Å². The molecule has 0 aromatic rings. The normalized spacial score (nSPS) is 30.8. The van der Waals surface area contributed by atoms with Crippen molar-refractivity contribution in [3.05, 3.63) is 0 Å². The highest BCUT2D eigenvalue weighted by Gasteiger charge is 2.34. The van der Waals surface area contributed by atoms with Gasteiger partial charge in [0.2, 0.25) is 0 Å². The number of hydrogen-bond donors (Lipinski definition) is 2. The topological polar surface area (TPSA) is 53.6 Å². The lowest BCUT2D eigenvalue weighted by Gasteiger charge is -2.13. The summed E-state index contributed by atoms with van der Waals surface area (Å²) in [6.07, 6.45) is 3.58. The minimum Gasteiger partial charge on any atom is -0.375 e. The first-order valence-corrected chi connectivity index (χ1v) is 5.04. The summed E-state index contributed by atoms with van der Waals surface area (Å²) in [5, 5.41) is 4.48. The van der Waals surface area contributed by atoms with Crippen LogP contribution in [0.2, 0.25) is 0 Å². The van der Waals surface area contributed by atoms with E-state index in [1.807, 2.05) is 0 Å². The monoisotopic (exact) mass is 198 g/mol. The Morgan fingerprint density at radius 3 is 3.23 bits per heavy atom. The van der Waals surface area contributed by atoms with Crippen LogP contribution in [0.1, 0.15) is 19.3 Å². The van der Waals surface area contributed by atoms with Gasteiger partial charge >= 0.3 is 0 Å². The second-order valence-electron chi connectivity index (χ2n) is 3.52. The maximum Gasteiger partial charge on any atom is 0.184 e. The van der Waals surface area contributed by atoms with Gasteiger partial charge in [-0.05, 0) is 31.6 Å². The smallest absolute Gasteiger partial charge is 0.184 e. The van der Waals surface area contributed by atoms with Gasteiger partial charge in [-0.15, -0.1) is 0 Å². The van der Waals surface area contributed by atoms with E-state index in [0.717, 1.165) is 13.0 Å². The van der Waals surface area contributed by atoms with Crippen LogP contribution in [0.15, 0.2) is 5.10 Å². The van der Waals surface area contributed by atoms with Crippen molar-refractivity contribution in [1.29, 1.82) is 0 Å². The Kier molecular flexibility index (Phi) is 2.46. The zero-order chi connectivity index (χ0) is 9.26. The number of rotatable bonds is 1. The molecule has 0 spiro atoms. The van der Waals surface area contributed by atoms with E-state index in [9.17, 15) is 0 Å². The number of hydrazone groups is 1. The highest BCUT2D eigenvalue weighted by molar-refractivity contribution is 7.80. The summed E-state index contributed by atoms with van der Waals surface area (Å²) in [5.41, 5.74) is 9.19. The molecular weight excluding hydrogens is 184 g/mol. The van der Waals surface area contributed by atoms with Crippen molar-refractivity contribution in [2.75, 3.05) is 13.1 Å². The molecule has 0 aromatic heterocycles. The fraction of sp³-hybridized carbons (Fsp3) is 0.750. The molecule has 2 fully saturated rings. The fourth-order valence-electron chi connectivity index (χ4n) is 2.15. The first-order chi connectivity index (χ1) is 6.27. The van der Waals surface area contributed by atoms with E-state index in [2.05, 4.69) is 15.4 Å². The zero-order valence-electron chi connectivity index (χ0n) is 7.49. The lowest BCUT2D eigenvalue weighted by molar-refractivity contribution is 0.346. The van der Waals surface area contributed by atoms with E-state index in [0.29, 0.717) is 6.04 Å². The Hall–Kier alpha value is -0.680. The van der Waals surface area contributed by atoms with Gasteiger partial charge in [0.25, 0.3) is 0 Å². The van der Waals surface area contributed by atoms with E-state index in [-0.39, 0.29) is 5.11 Å². The lowest BCUT2D eigenvalue weighted by atomic mass is 10.1. The van der Waals surface area contributed by atoms with Gasteiger partial charge in [-0.25, -0.2) is 0 Å². The summed E-state index contributed by atoms with van der Waals surface area (Å²) in [5.74, 6) is 0. The van der Waals surface area contributed by atoms with Gasteiger partial charge in [-0.3, -0.25) is 10.3 Å². The Labute approximate surface area is 83.2 Å².